The molecule has 2 aromatic rings. The van der Waals surface area contributed by atoms with E-state index in [-0.39, 0.29) is 16.9 Å². The molecule has 2 saturated heterocycles. The van der Waals surface area contributed by atoms with Crippen molar-refractivity contribution in [2.75, 3.05) is 32.8 Å². The third-order valence-electron chi connectivity index (χ3n) is 5.61. The fourth-order valence-corrected chi connectivity index (χ4v) is 5.36. The Morgan fingerprint density at radius 2 is 1.62 bits per heavy atom. The largest absolute Gasteiger partial charge is 0.370 e. The minimum atomic E-state index is -3.47. The second kappa shape index (κ2) is 8.26. The molecule has 0 N–H and O–H groups in total. The summed E-state index contributed by atoms with van der Waals surface area (Å²) in [6.07, 6.45) is 1.65. The highest BCUT2D eigenvalue weighted by molar-refractivity contribution is 7.89. The number of aryl methyl sites for hydroxylation is 1. The monoisotopic (exact) mass is 414 g/mol. The molecule has 1 amide bonds. The molecule has 154 valence electrons. The van der Waals surface area contributed by atoms with Crippen LogP contribution in [0.5, 0.6) is 0 Å². The van der Waals surface area contributed by atoms with Crippen LogP contribution in [0.15, 0.2) is 53.4 Å². The SMILES string of the molecule is Cc1ccc(C2CN(C(=O)c3ccc(S(=O)(=O)N4CCCC4)cc3)CCO2)cc1. The number of benzene rings is 2. The fraction of sp³-hybridized carbons (Fsp3) is 0.409. The molecule has 7 heteroatoms. The number of carbonyl (C=O) groups excluding carboxylic acids is 1. The van der Waals surface area contributed by atoms with E-state index >= 15 is 0 Å². The Morgan fingerprint density at radius 1 is 0.966 bits per heavy atom. The third kappa shape index (κ3) is 4.22. The van der Waals surface area contributed by atoms with Gasteiger partial charge < -0.3 is 9.64 Å². The Bertz CT molecular complexity index is 965. The fourth-order valence-electron chi connectivity index (χ4n) is 3.85. The zero-order valence-corrected chi connectivity index (χ0v) is 17.4. The molecule has 1 unspecified atom stereocenters. The van der Waals surface area contributed by atoms with Crippen LogP contribution in [-0.2, 0) is 14.8 Å². The van der Waals surface area contributed by atoms with Crippen LogP contribution in [0.3, 0.4) is 0 Å². The number of morpholine rings is 1. The molecule has 1 atom stereocenters. The Morgan fingerprint density at radius 3 is 2.28 bits per heavy atom. The van der Waals surface area contributed by atoms with Gasteiger partial charge in [-0.1, -0.05) is 29.8 Å². The van der Waals surface area contributed by atoms with Crippen molar-refractivity contribution < 1.29 is 17.9 Å². The number of amides is 1. The predicted molar refractivity (Wildman–Crippen MR) is 110 cm³/mol. The number of hydrogen-bond acceptors (Lipinski definition) is 4. The Labute approximate surface area is 172 Å². The molecular formula is C22H26N2O4S. The topological polar surface area (TPSA) is 66.9 Å². The summed E-state index contributed by atoms with van der Waals surface area (Å²) < 4.78 is 32.7. The van der Waals surface area contributed by atoms with Crippen molar-refractivity contribution >= 4 is 15.9 Å². The maximum atomic E-state index is 13.0. The van der Waals surface area contributed by atoms with Crippen LogP contribution in [0.4, 0.5) is 0 Å². The van der Waals surface area contributed by atoms with Crippen LogP contribution < -0.4 is 0 Å². The molecule has 0 aromatic heterocycles. The van der Waals surface area contributed by atoms with Gasteiger partial charge >= 0.3 is 0 Å². The summed E-state index contributed by atoms with van der Waals surface area (Å²) >= 11 is 0. The van der Waals surface area contributed by atoms with E-state index in [9.17, 15) is 13.2 Å². The molecule has 2 aromatic carbocycles. The first kappa shape index (κ1) is 20.1. The van der Waals surface area contributed by atoms with Gasteiger partial charge in [0.05, 0.1) is 18.0 Å². The summed E-state index contributed by atoms with van der Waals surface area (Å²) in [5.74, 6) is -0.101. The molecule has 29 heavy (non-hydrogen) atoms. The second-order valence-electron chi connectivity index (χ2n) is 7.66. The molecule has 0 radical (unpaired) electrons. The summed E-state index contributed by atoms with van der Waals surface area (Å²) in [6, 6.07) is 14.5. The van der Waals surface area contributed by atoms with E-state index < -0.39 is 10.0 Å². The van der Waals surface area contributed by atoms with Gasteiger partial charge in [0.2, 0.25) is 10.0 Å². The molecule has 0 saturated carbocycles. The van der Waals surface area contributed by atoms with Crippen molar-refractivity contribution in [1.82, 2.24) is 9.21 Å². The van der Waals surface area contributed by atoms with Crippen LogP contribution >= 0.6 is 0 Å². The first-order chi connectivity index (χ1) is 13.9. The normalized spacial score (nSPS) is 20.7. The zero-order valence-electron chi connectivity index (χ0n) is 16.6. The van der Waals surface area contributed by atoms with Crippen LogP contribution in [0.25, 0.3) is 0 Å². The smallest absolute Gasteiger partial charge is 0.254 e. The first-order valence-electron chi connectivity index (χ1n) is 10.0. The number of nitrogens with zero attached hydrogens (tertiary/aromatic N) is 2. The molecule has 2 heterocycles. The van der Waals surface area contributed by atoms with Crippen molar-refractivity contribution in [3.05, 3.63) is 65.2 Å². The maximum absolute atomic E-state index is 13.0. The molecule has 2 aliphatic heterocycles. The minimum Gasteiger partial charge on any atom is -0.370 e. The number of carbonyl (C=O) groups is 1. The molecule has 0 bridgehead atoms. The van der Waals surface area contributed by atoms with E-state index in [1.807, 2.05) is 31.2 Å². The minimum absolute atomic E-state index is 0.101. The molecule has 0 aliphatic carbocycles. The van der Waals surface area contributed by atoms with Gasteiger partial charge in [-0.3, -0.25) is 4.79 Å². The van der Waals surface area contributed by atoms with Crippen LogP contribution in [0, 0.1) is 6.92 Å². The number of rotatable bonds is 4. The summed E-state index contributed by atoms with van der Waals surface area (Å²) in [5, 5.41) is 0. The van der Waals surface area contributed by atoms with Crippen LogP contribution in [0.2, 0.25) is 0 Å². The maximum Gasteiger partial charge on any atom is 0.254 e. The van der Waals surface area contributed by atoms with Gasteiger partial charge in [-0.25, -0.2) is 8.42 Å². The first-order valence-corrected chi connectivity index (χ1v) is 11.5. The highest BCUT2D eigenvalue weighted by Crippen LogP contribution is 2.25. The Balaban J connectivity index is 1.47. The summed E-state index contributed by atoms with van der Waals surface area (Å²) in [6.45, 7) is 4.65. The molecule has 0 spiro atoms. The lowest BCUT2D eigenvalue weighted by Gasteiger charge is -2.33. The van der Waals surface area contributed by atoms with Gasteiger partial charge in [-0.2, -0.15) is 4.31 Å². The highest BCUT2D eigenvalue weighted by atomic mass is 32.2. The van der Waals surface area contributed by atoms with Crippen molar-refractivity contribution in [3.63, 3.8) is 0 Å². The summed E-state index contributed by atoms with van der Waals surface area (Å²) in [4.78, 5) is 15.0. The second-order valence-corrected chi connectivity index (χ2v) is 9.59. The van der Waals surface area contributed by atoms with Crippen molar-refractivity contribution in [2.45, 2.75) is 30.8 Å². The number of sulfonamides is 1. The average Bonchev–Trinajstić information content (AvgIpc) is 3.30. The number of hydrogen-bond donors (Lipinski definition) is 0. The number of ether oxygens (including phenoxy) is 1. The molecule has 6 nitrogen and oxygen atoms in total. The van der Waals surface area contributed by atoms with Gasteiger partial charge in [0, 0.05) is 25.2 Å². The van der Waals surface area contributed by atoms with Gasteiger partial charge in [0.15, 0.2) is 0 Å². The lowest BCUT2D eigenvalue weighted by Crippen LogP contribution is -2.42. The van der Waals surface area contributed by atoms with E-state index in [0.29, 0.717) is 38.3 Å². The van der Waals surface area contributed by atoms with Gasteiger partial charge in [-0.15, -0.1) is 0 Å². The molecule has 2 aliphatic rings. The Kier molecular flexibility index (Phi) is 5.72. The lowest BCUT2D eigenvalue weighted by molar-refractivity contribution is -0.0228. The van der Waals surface area contributed by atoms with Crippen LogP contribution in [-0.4, -0.2) is 56.3 Å². The summed E-state index contributed by atoms with van der Waals surface area (Å²) in [5.41, 5.74) is 2.73. The molecule has 4 rings (SSSR count). The Hall–Kier alpha value is -2.22. The van der Waals surface area contributed by atoms with E-state index in [4.69, 9.17) is 4.74 Å². The zero-order chi connectivity index (χ0) is 20.4. The van der Waals surface area contributed by atoms with Crippen LogP contribution in [0.1, 0.15) is 40.4 Å². The van der Waals surface area contributed by atoms with Crippen molar-refractivity contribution in [1.29, 1.82) is 0 Å². The van der Waals surface area contributed by atoms with Gasteiger partial charge in [-0.05, 0) is 49.6 Å². The predicted octanol–water partition coefficient (Wildman–Crippen LogP) is 2.99. The van der Waals surface area contributed by atoms with Gasteiger partial charge in [0.25, 0.3) is 5.91 Å². The quantitative estimate of drug-likeness (QED) is 0.771. The van der Waals surface area contributed by atoms with Crippen molar-refractivity contribution in [2.24, 2.45) is 0 Å². The summed E-state index contributed by atoms with van der Waals surface area (Å²) in [7, 11) is -3.47. The molecule has 2 fully saturated rings. The average molecular weight is 415 g/mol. The highest BCUT2D eigenvalue weighted by Gasteiger charge is 2.29. The molecular weight excluding hydrogens is 388 g/mol. The standard InChI is InChI=1S/C22H26N2O4S/c1-17-4-6-18(7-5-17)21-16-23(14-15-28-21)22(25)19-8-10-20(11-9-19)29(26,27)24-12-2-3-13-24/h4-11,21H,2-3,12-16H2,1H3. The third-order valence-corrected chi connectivity index (χ3v) is 7.52. The van der Waals surface area contributed by atoms with Gasteiger partial charge in [0.1, 0.15) is 6.10 Å². The van der Waals surface area contributed by atoms with E-state index in [1.54, 1.807) is 29.2 Å². The van der Waals surface area contributed by atoms with E-state index in [1.165, 1.54) is 9.87 Å². The van der Waals surface area contributed by atoms with Crippen molar-refractivity contribution in [3.8, 4) is 0 Å². The van der Waals surface area contributed by atoms with E-state index in [0.717, 1.165) is 18.4 Å². The lowest BCUT2D eigenvalue weighted by atomic mass is 10.1. The van der Waals surface area contributed by atoms with E-state index in [2.05, 4.69) is 0 Å².